The van der Waals surface area contributed by atoms with E-state index in [1.165, 1.54) is 0 Å². The van der Waals surface area contributed by atoms with E-state index in [-0.39, 0.29) is 6.61 Å². The quantitative estimate of drug-likeness (QED) is 0.753. The molecule has 0 aliphatic rings. The summed E-state index contributed by atoms with van der Waals surface area (Å²) in [6.07, 6.45) is 2.99. The summed E-state index contributed by atoms with van der Waals surface area (Å²) < 4.78 is 5.25. The Morgan fingerprint density at radius 3 is 3.00 bits per heavy atom. The highest BCUT2D eigenvalue weighted by atomic mass is 32.1. The lowest BCUT2D eigenvalue weighted by atomic mass is 10.2. The van der Waals surface area contributed by atoms with Gasteiger partial charge in [-0.2, -0.15) is 16.3 Å². The van der Waals surface area contributed by atoms with Crippen molar-refractivity contribution in [2.75, 3.05) is 20.2 Å². The molecule has 0 amide bonds. The van der Waals surface area contributed by atoms with Crippen molar-refractivity contribution in [1.29, 1.82) is 0 Å². The molecule has 104 valence electrons. The van der Waals surface area contributed by atoms with E-state index in [2.05, 4.69) is 15.0 Å². The zero-order chi connectivity index (χ0) is 13.5. The summed E-state index contributed by atoms with van der Waals surface area (Å²) >= 11 is 1.62. The van der Waals surface area contributed by atoms with Gasteiger partial charge in [0.25, 0.3) is 0 Å². The van der Waals surface area contributed by atoms with Crippen LogP contribution in [0.15, 0.2) is 21.3 Å². The summed E-state index contributed by atoms with van der Waals surface area (Å²) in [6.45, 7) is 1.91. The van der Waals surface area contributed by atoms with E-state index in [0.717, 1.165) is 31.4 Å². The van der Waals surface area contributed by atoms with Gasteiger partial charge in [0.1, 0.15) is 0 Å². The normalized spacial score (nSPS) is 11.3. The van der Waals surface area contributed by atoms with Gasteiger partial charge in [-0.25, -0.2) is 0 Å². The Bertz CT molecular complexity index is 470. The maximum Gasteiger partial charge on any atom is 0.241 e. The van der Waals surface area contributed by atoms with Crippen molar-refractivity contribution in [3.8, 4) is 11.4 Å². The van der Waals surface area contributed by atoms with Crippen molar-refractivity contribution in [2.24, 2.45) is 0 Å². The Labute approximate surface area is 116 Å². The molecule has 0 radical (unpaired) electrons. The minimum atomic E-state index is 0.275. The third kappa shape index (κ3) is 4.41. The van der Waals surface area contributed by atoms with Crippen molar-refractivity contribution in [1.82, 2.24) is 15.0 Å². The van der Waals surface area contributed by atoms with Crippen LogP contribution in [0.2, 0.25) is 0 Å². The highest BCUT2D eigenvalue weighted by molar-refractivity contribution is 7.08. The number of unbranched alkanes of at least 4 members (excludes halogenated alkanes) is 2. The summed E-state index contributed by atoms with van der Waals surface area (Å²) in [5, 5.41) is 16.7. The van der Waals surface area contributed by atoms with Gasteiger partial charge in [-0.05, 0) is 44.3 Å². The standard InChI is InChI=1S/C13H19N3O2S/c1-16(6-3-2-4-7-17)9-12-14-13(15-18-12)11-5-8-19-10-11/h5,8,10,17H,2-4,6-7,9H2,1H3. The highest BCUT2D eigenvalue weighted by Gasteiger charge is 2.10. The minimum Gasteiger partial charge on any atom is -0.396 e. The van der Waals surface area contributed by atoms with Crippen LogP contribution >= 0.6 is 11.3 Å². The zero-order valence-corrected chi connectivity index (χ0v) is 11.9. The van der Waals surface area contributed by atoms with Gasteiger partial charge in [0.05, 0.1) is 6.54 Å². The van der Waals surface area contributed by atoms with Crippen LogP contribution in [-0.4, -0.2) is 40.3 Å². The molecule has 0 unspecified atom stereocenters. The van der Waals surface area contributed by atoms with Crippen molar-refractivity contribution >= 4 is 11.3 Å². The number of rotatable bonds is 8. The average Bonchev–Trinajstić information content (AvgIpc) is 3.04. The molecule has 2 heterocycles. The molecule has 2 rings (SSSR count). The fourth-order valence-electron chi connectivity index (χ4n) is 1.81. The van der Waals surface area contributed by atoms with E-state index in [1.807, 2.05) is 23.9 Å². The number of hydrogen-bond acceptors (Lipinski definition) is 6. The van der Waals surface area contributed by atoms with Crippen molar-refractivity contribution < 1.29 is 9.63 Å². The second-order valence-electron chi connectivity index (χ2n) is 4.55. The van der Waals surface area contributed by atoms with Crippen LogP contribution in [0.1, 0.15) is 25.2 Å². The molecule has 0 bridgehead atoms. The molecule has 0 fully saturated rings. The van der Waals surface area contributed by atoms with E-state index in [4.69, 9.17) is 9.63 Å². The first kappa shape index (κ1) is 14.2. The fraction of sp³-hybridized carbons (Fsp3) is 0.538. The van der Waals surface area contributed by atoms with Crippen molar-refractivity contribution in [2.45, 2.75) is 25.8 Å². The summed E-state index contributed by atoms with van der Waals surface area (Å²) in [6, 6.07) is 1.98. The average molecular weight is 281 g/mol. The van der Waals surface area contributed by atoms with E-state index in [9.17, 15) is 0 Å². The third-order valence-electron chi connectivity index (χ3n) is 2.85. The molecule has 2 aromatic rings. The molecule has 0 aliphatic heterocycles. The lowest BCUT2D eigenvalue weighted by Gasteiger charge is -2.13. The molecule has 1 N–H and O–H groups in total. The van der Waals surface area contributed by atoms with Crippen molar-refractivity contribution in [3.63, 3.8) is 0 Å². The monoisotopic (exact) mass is 281 g/mol. The molecule has 0 aliphatic carbocycles. The van der Waals surface area contributed by atoms with Crippen LogP contribution in [0.5, 0.6) is 0 Å². The molecule has 0 spiro atoms. The van der Waals surface area contributed by atoms with Crippen LogP contribution in [0.25, 0.3) is 11.4 Å². The van der Waals surface area contributed by atoms with Gasteiger partial charge in [0.15, 0.2) is 0 Å². The van der Waals surface area contributed by atoms with E-state index < -0.39 is 0 Å². The number of aromatic nitrogens is 2. The summed E-state index contributed by atoms with van der Waals surface area (Å²) in [5.74, 6) is 1.30. The Hall–Kier alpha value is -1.24. The predicted molar refractivity (Wildman–Crippen MR) is 74.9 cm³/mol. The number of aliphatic hydroxyl groups excluding tert-OH is 1. The van der Waals surface area contributed by atoms with Gasteiger partial charge < -0.3 is 9.63 Å². The van der Waals surface area contributed by atoms with Gasteiger partial charge in [0.2, 0.25) is 11.7 Å². The molecular formula is C13H19N3O2S. The van der Waals surface area contributed by atoms with Crippen LogP contribution in [-0.2, 0) is 6.54 Å². The predicted octanol–water partition coefficient (Wildman–Crippen LogP) is 2.39. The molecule has 2 aromatic heterocycles. The second-order valence-corrected chi connectivity index (χ2v) is 5.33. The second kappa shape index (κ2) is 7.37. The first-order chi connectivity index (χ1) is 9.29. The zero-order valence-electron chi connectivity index (χ0n) is 11.1. The smallest absolute Gasteiger partial charge is 0.241 e. The Kier molecular flexibility index (Phi) is 5.50. The van der Waals surface area contributed by atoms with Gasteiger partial charge in [-0.3, -0.25) is 4.90 Å². The fourth-order valence-corrected chi connectivity index (χ4v) is 2.44. The molecule has 0 saturated carbocycles. The Morgan fingerprint density at radius 1 is 1.37 bits per heavy atom. The summed E-state index contributed by atoms with van der Waals surface area (Å²) in [4.78, 5) is 6.54. The largest absolute Gasteiger partial charge is 0.396 e. The first-order valence-corrected chi connectivity index (χ1v) is 7.38. The molecule has 6 heteroatoms. The van der Waals surface area contributed by atoms with E-state index in [0.29, 0.717) is 18.3 Å². The molecule has 5 nitrogen and oxygen atoms in total. The van der Waals surface area contributed by atoms with Crippen LogP contribution < -0.4 is 0 Å². The maximum absolute atomic E-state index is 8.71. The SMILES string of the molecule is CN(CCCCCO)Cc1nc(-c2ccsc2)no1. The van der Waals surface area contributed by atoms with Crippen LogP contribution in [0, 0.1) is 0 Å². The van der Waals surface area contributed by atoms with E-state index >= 15 is 0 Å². The van der Waals surface area contributed by atoms with Gasteiger partial charge in [-0.1, -0.05) is 5.16 Å². The number of nitrogens with zero attached hydrogens (tertiary/aromatic N) is 3. The topological polar surface area (TPSA) is 62.4 Å². The molecule has 0 atom stereocenters. The van der Waals surface area contributed by atoms with Gasteiger partial charge >= 0.3 is 0 Å². The molecular weight excluding hydrogens is 262 g/mol. The highest BCUT2D eigenvalue weighted by Crippen LogP contribution is 2.18. The minimum absolute atomic E-state index is 0.275. The molecule has 0 aromatic carbocycles. The number of thiophene rings is 1. The van der Waals surface area contributed by atoms with Gasteiger partial charge in [0, 0.05) is 17.6 Å². The van der Waals surface area contributed by atoms with Crippen LogP contribution in [0.4, 0.5) is 0 Å². The molecule has 0 saturated heterocycles. The van der Waals surface area contributed by atoms with E-state index in [1.54, 1.807) is 11.3 Å². The van der Waals surface area contributed by atoms with Crippen LogP contribution in [0.3, 0.4) is 0 Å². The maximum atomic E-state index is 8.71. The summed E-state index contributed by atoms with van der Waals surface area (Å²) in [5.41, 5.74) is 1.01. The van der Waals surface area contributed by atoms with Gasteiger partial charge in [-0.15, -0.1) is 0 Å². The van der Waals surface area contributed by atoms with Crippen molar-refractivity contribution in [3.05, 3.63) is 22.7 Å². The Morgan fingerprint density at radius 2 is 2.26 bits per heavy atom. The Balaban J connectivity index is 1.79. The molecule has 19 heavy (non-hydrogen) atoms. The lowest BCUT2D eigenvalue weighted by Crippen LogP contribution is -2.19. The number of hydrogen-bond donors (Lipinski definition) is 1. The lowest BCUT2D eigenvalue weighted by molar-refractivity contribution is 0.251. The first-order valence-electron chi connectivity index (χ1n) is 6.44. The summed E-state index contributed by atoms with van der Waals surface area (Å²) in [7, 11) is 2.04. The number of aliphatic hydroxyl groups is 1. The third-order valence-corrected chi connectivity index (χ3v) is 3.53.